The Morgan fingerprint density at radius 1 is 1.00 bits per heavy atom. The number of benzene rings is 2. The Labute approximate surface area is 169 Å². The first-order chi connectivity index (χ1) is 14.0. The van der Waals surface area contributed by atoms with Gasteiger partial charge in [0.05, 0.1) is 6.20 Å². The molecule has 2 aromatic carbocycles. The molecule has 4 aromatic rings. The van der Waals surface area contributed by atoms with Gasteiger partial charge < -0.3 is 10.6 Å². The van der Waals surface area contributed by atoms with Crippen molar-refractivity contribution in [2.24, 2.45) is 0 Å². The molecule has 29 heavy (non-hydrogen) atoms. The zero-order valence-electron chi connectivity index (χ0n) is 16.7. The smallest absolute Gasteiger partial charge is 0.221 e. The van der Waals surface area contributed by atoms with Crippen LogP contribution in [0.25, 0.3) is 16.8 Å². The van der Waals surface area contributed by atoms with E-state index in [0.29, 0.717) is 0 Å². The summed E-state index contributed by atoms with van der Waals surface area (Å²) >= 11 is 0. The monoisotopic (exact) mass is 385 g/mol. The first-order valence-corrected chi connectivity index (χ1v) is 9.60. The Kier molecular flexibility index (Phi) is 4.99. The van der Waals surface area contributed by atoms with Crippen molar-refractivity contribution in [3.05, 3.63) is 72.6 Å². The zero-order valence-corrected chi connectivity index (χ0v) is 16.7. The topological polar surface area (TPSA) is 71.3 Å². The number of fused-ring (bicyclic) bond motifs is 1. The minimum absolute atomic E-state index is 0.0897. The molecule has 0 aliphatic heterocycles. The van der Waals surface area contributed by atoms with Crippen LogP contribution in [0.2, 0.25) is 0 Å². The third-order valence-corrected chi connectivity index (χ3v) is 4.65. The molecule has 6 heteroatoms. The van der Waals surface area contributed by atoms with E-state index in [1.165, 1.54) is 6.92 Å². The van der Waals surface area contributed by atoms with Gasteiger partial charge in [0.25, 0.3) is 0 Å². The summed E-state index contributed by atoms with van der Waals surface area (Å²) in [6.07, 6.45) is 1.85. The predicted molar refractivity (Wildman–Crippen MR) is 117 cm³/mol. The fourth-order valence-corrected chi connectivity index (χ4v) is 3.18. The standard InChI is InChI=1S/C23H23N5O/c1-15(2)21-13-22(26-19-11-9-18(10-12-19)25-16(3)29)28-23(27-21)20(14-24-28)17-7-5-4-6-8-17/h4-15,26H,1-3H3,(H,25,29). The average molecular weight is 385 g/mol. The van der Waals surface area contributed by atoms with E-state index in [-0.39, 0.29) is 11.8 Å². The zero-order chi connectivity index (χ0) is 20.4. The summed E-state index contributed by atoms with van der Waals surface area (Å²) in [4.78, 5) is 16.1. The van der Waals surface area contributed by atoms with Crippen LogP contribution in [0.3, 0.4) is 0 Å². The van der Waals surface area contributed by atoms with E-state index in [4.69, 9.17) is 4.98 Å². The Morgan fingerprint density at radius 2 is 1.69 bits per heavy atom. The molecule has 4 rings (SSSR count). The van der Waals surface area contributed by atoms with Crippen LogP contribution in [0, 0.1) is 0 Å². The summed E-state index contributed by atoms with van der Waals surface area (Å²) in [7, 11) is 0. The molecule has 0 spiro atoms. The molecule has 0 saturated carbocycles. The predicted octanol–water partition coefficient (Wildman–Crippen LogP) is 5.22. The van der Waals surface area contributed by atoms with Crippen LogP contribution >= 0.6 is 0 Å². The van der Waals surface area contributed by atoms with Gasteiger partial charge in [-0.15, -0.1) is 0 Å². The average Bonchev–Trinajstić information content (AvgIpc) is 3.14. The number of carbonyl (C=O) groups excluding carboxylic acids is 1. The number of carbonyl (C=O) groups is 1. The van der Waals surface area contributed by atoms with Crippen molar-refractivity contribution >= 4 is 28.7 Å². The van der Waals surface area contributed by atoms with Crippen LogP contribution in [0.5, 0.6) is 0 Å². The van der Waals surface area contributed by atoms with Gasteiger partial charge >= 0.3 is 0 Å². The van der Waals surface area contributed by atoms with Gasteiger partial charge in [-0.1, -0.05) is 44.2 Å². The van der Waals surface area contributed by atoms with Gasteiger partial charge in [-0.05, 0) is 35.7 Å². The molecular weight excluding hydrogens is 362 g/mol. The van der Waals surface area contributed by atoms with Crippen molar-refractivity contribution in [1.82, 2.24) is 14.6 Å². The molecule has 1 amide bonds. The van der Waals surface area contributed by atoms with E-state index in [2.05, 4.69) is 41.7 Å². The van der Waals surface area contributed by atoms with Gasteiger partial charge in [-0.3, -0.25) is 4.79 Å². The number of rotatable bonds is 5. The van der Waals surface area contributed by atoms with Crippen molar-refractivity contribution < 1.29 is 4.79 Å². The lowest BCUT2D eigenvalue weighted by Gasteiger charge is -2.13. The van der Waals surface area contributed by atoms with Gasteiger partial charge in [-0.2, -0.15) is 9.61 Å². The maximum absolute atomic E-state index is 11.2. The van der Waals surface area contributed by atoms with E-state index in [9.17, 15) is 4.79 Å². The van der Waals surface area contributed by atoms with E-state index < -0.39 is 0 Å². The van der Waals surface area contributed by atoms with E-state index in [1.807, 2.05) is 59.2 Å². The highest BCUT2D eigenvalue weighted by Gasteiger charge is 2.14. The van der Waals surface area contributed by atoms with E-state index >= 15 is 0 Å². The quantitative estimate of drug-likeness (QED) is 0.494. The number of nitrogens with zero attached hydrogens (tertiary/aromatic N) is 3. The van der Waals surface area contributed by atoms with E-state index in [0.717, 1.165) is 39.7 Å². The number of nitrogens with one attached hydrogen (secondary N) is 2. The summed E-state index contributed by atoms with van der Waals surface area (Å²) < 4.78 is 1.83. The molecule has 0 aliphatic rings. The molecule has 0 saturated heterocycles. The maximum Gasteiger partial charge on any atom is 0.221 e. The first kappa shape index (κ1) is 18.7. The fourth-order valence-electron chi connectivity index (χ4n) is 3.18. The normalized spacial score (nSPS) is 11.0. The second-order valence-electron chi connectivity index (χ2n) is 7.26. The lowest BCUT2D eigenvalue weighted by atomic mass is 10.1. The Bertz CT molecular complexity index is 1150. The SMILES string of the molecule is CC(=O)Nc1ccc(Nc2cc(C(C)C)nc3c(-c4ccccc4)cnn23)cc1. The summed E-state index contributed by atoms with van der Waals surface area (Å²) in [6, 6.07) is 19.8. The lowest BCUT2D eigenvalue weighted by Crippen LogP contribution is -2.06. The fraction of sp³-hybridized carbons (Fsp3) is 0.174. The Balaban J connectivity index is 1.75. The maximum atomic E-state index is 11.2. The van der Waals surface area contributed by atoms with Gasteiger partial charge in [0.1, 0.15) is 5.82 Å². The molecule has 0 atom stereocenters. The van der Waals surface area contributed by atoms with Crippen molar-refractivity contribution in [1.29, 1.82) is 0 Å². The van der Waals surface area contributed by atoms with Crippen molar-refractivity contribution in [2.45, 2.75) is 26.7 Å². The summed E-state index contributed by atoms with van der Waals surface area (Å²) in [5.74, 6) is 1.03. The van der Waals surface area contributed by atoms with Crippen LogP contribution in [0.1, 0.15) is 32.4 Å². The van der Waals surface area contributed by atoms with Gasteiger partial charge in [0, 0.05) is 35.6 Å². The van der Waals surface area contributed by atoms with Crippen molar-refractivity contribution in [2.75, 3.05) is 10.6 Å². The van der Waals surface area contributed by atoms with Crippen LogP contribution < -0.4 is 10.6 Å². The Morgan fingerprint density at radius 3 is 2.34 bits per heavy atom. The molecule has 0 fully saturated rings. The summed E-state index contributed by atoms with van der Waals surface area (Å²) in [5, 5.41) is 10.8. The van der Waals surface area contributed by atoms with Gasteiger partial charge in [0.15, 0.2) is 5.65 Å². The Hall–Kier alpha value is -3.67. The van der Waals surface area contributed by atoms with Crippen molar-refractivity contribution in [3.8, 4) is 11.1 Å². The third kappa shape index (κ3) is 3.96. The van der Waals surface area contributed by atoms with Gasteiger partial charge in [-0.25, -0.2) is 4.98 Å². The molecular formula is C23H23N5O. The molecule has 0 unspecified atom stereocenters. The third-order valence-electron chi connectivity index (χ3n) is 4.65. The lowest BCUT2D eigenvalue weighted by molar-refractivity contribution is -0.114. The molecule has 6 nitrogen and oxygen atoms in total. The van der Waals surface area contributed by atoms with Crippen LogP contribution in [0.15, 0.2) is 66.9 Å². The van der Waals surface area contributed by atoms with Crippen LogP contribution in [-0.4, -0.2) is 20.5 Å². The number of aromatic nitrogens is 3. The first-order valence-electron chi connectivity index (χ1n) is 9.60. The number of anilines is 3. The molecule has 2 heterocycles. The minimum Gasteiger partial charge on any atom is -0.340 e. The largest absolute Gasteiger partial charge is 0.340 e. The van der Waals surface area contributed by atoms with Crippen LogP contribution in [0.4, 0.5) is 17.2 Å². The molecule has 146 valence electrons. The van der Waals surface area contributed by atoms with Crippen LogP contribution in [-0.2, 0) is 4.79 Å². The summed E-state index contributed by atoms with van der Waals surface area (Å²) in [6.45, 7) is 5.75. The second-order valence-corrected chi connectivity index (χ2v) is 7.26. The molecule has 2 N–H and O–H groups in total. The highest BCUT2D eigenvalue weighted by Crippen LogP contribution is 2.29. The number of hydrogen-bond donors (Lipinski definition) is 2. The molecule has 0 aliphatic carbocycles. The highest BCUT2D eigenvalue weighted by molar-refractivity contribution is 5.89. The second kappa shape index (κ2) is 7.75. The minimum atomic E-state index is -0.0897. The molecule has 2 aromatic heterocycles. The van der Waals surface area contributed by atoms with E-state index in [1.54, 1.807) is 0 Å². The number of amides is 1. The molecule has 0 radical (unpaired) electrons. The number of hydrogen-bond acceptors (Lipinski definition) is 4. The van der Waals surface area contributed by atoms with Gasteiger partial charge in [0.2, 0.25) is 5.91 Å². The highest BCUT2D eigenvalue weighted by atomic mass is 16.1. The molecule has 0 bridgehead atoms. The van der Waals surface area contributed by atoms with Crippen molar-refractivity contribution in [3.63, 3.8) is 0 Å². The summed E-state index contributed by atoms with van der Waals surface area (Å²) in [5.41, 5.74) is 5.56.